The minimum atomic E-state index is -4.03. The van der Waals surface area contributed by atoms with Gasteiger partial charge in [0, 0.05) is 39.5 Å². The Hall–Kier alpha value is -3.96. The molecule has 0 aliphatic heterocycles. The summed E-state index contributed by atoms with van der Waals surface area (Å²) in [7, 11) is -4.03. The zero-order chi connectivity index (χ0) is 26.2. The van der Waals surface area contributed by atoms with E-state index < -0.39 is 32.6 Å². The number of H-pyrrole nitrogens is 1. The van der Waals surface area contributed by atoms with Crippen LogP contribution in [0.15, 0.2) is 59.5 Å². The molecule has 0 radical (unpaired) electrons. The fraction of sp³-hybridized carbons (Fsp3) is 0.200. The molecule has 0 aliphatic rings. The van der Waals surface area contributed by atoms with Crippen LogP contribution in [0.3, 0.4) is 0 Å². The summed E-state index contributed by atoms with van der Waals surface area (Å²) in [6.07, 6.45) is 1.44. The number of carbonyl (C=O) groups is 1. The molecule has 9 nitrogen and oxygen atoms in total. The molecule has 3 N–H and O–H groups in total. The summed E-state index contributed by atoms with van der Waals surface area (Å²) in [6, 6.07) is 12.1. The highest BCUT2D eigenvalue weighted by molar-refractivity contribution is 7.90. The molecule has 36 heavy (non-hydrogen) atoms. The Morgan fingerprint density at radius 3 is 2.58 bits per heavy atom. The van der Waals surface area contributed by atoms with E-state index in [0.717, 1.165) is 11.6 Å². The molecule has 188 valence electrons. The van der Waals surface area contributed by atoms with Crippen LogP contribution >= 0.6 is 0 Å². The lowest BCUT2D eigenvalue weighted by Gasteiger charge is -2.16. The number of sulfonamides is 1. The summed E-state index contributed by atoms with van der Waals surface area (Å²) in [5, 5.41) is 10.8. The van der Waals surface area contributed by atoms with Gasteiger partial charge in [0.05, 0.1) is 11.8 Å². The van der Waals surface area contributed by atoms with Gasteiger partial charge in [-0.05, 0) is 63.2 Å². The number of halogens is 1. The van der Waals surface area contributed by atoms with E-state index in [1.807, 2.05) is 6.92 Å². The summed E-state index contributed by atoms with van der Waals surface area (Å²) < 4.78 is 43.5. The van der Waals surface area contributed by atoms with Crippen molar-refractivity contribution in [3.63, 3.8) is 0 Å². The van der Waals surface area contributed by atoms with E-state index in [1.165, 1.54) is 42.8 Å². The normalized spacial score (nSPS) is 11.7. The first-order chi connectivity index (χ1) is 17.0. The van der Waals surface area contributed by atoms with Crippen LogP contribution in [-0.2, 0) is 16.6 Å². The predicted octanol–water partition coefficient (Wildman–Crippen LogP) is 3.87. The largest absolute Gasteiger partial charge is 0.761 e. The first-order valence-electron chi connectivity index (χ1n) is 11.1. The average molecular weight is 512 g/mol. The molecule has 4 aromatic rings. The van der Waals surface area contributed by atoms with Gasteiger partial charge in [-0.3, -0.25) is 9.59 Å². The fourth-order valence-electron chi connectivity index (χ4n) is 3.99. The monoisotopic (exact) mass is 511 g/mol. The Kier molecular flexibility index (Phi) is 6.70. The number of anilines is 1. The van der Waals surface area contributed by atoms with E-state index in [1.54, 1.807) is 29.7 Å². The van der Waals surface area contributed by atoms with Crippen LogP contribution in [0.5, 0.6) is 0 Å². The maximum Gasteiger partial charge on any atom is 0.282 e. The Labute approximate surface area is 206 Å². The van der Waals surface area contributed by atoms with Gasteiger partial charge in [0.1, 0.15) is 11.5 Å². The highest BCUT2D eigenvalue weighted by Gasteiger charge is 2.29. The maximum absolute atomic E-state index is 14.8. The van der Waals surface area contributed by atoms with Gasteiger partial charge in [-0.2, -0.15) is 0 Å². The number of amides is 1. The summed E-state index contributed by atoms with van der Waals surface area (Å²) in [5.74, 6) is -1.59. The van der Waals surface area contributed by atoms with Crippen LogP contribution in [0.1, 0.15) is 35.5 Å². The van der Waals surface area contributed by atoms with Crippen molar-refractivity contribution in [2.75, 3.05) is 5.48 Å². The van der Waals surface area contributed by atoms with Crippen LogP contribution in [0.2, 0.25) is 0 Å². The van der Waals surface area contributed by atoms with Crippen molar-refractivity contribution >= 4 is 32.5 Å². The SMILES string of the molecule is Cc1ccc2c(c1)c(-c1ccc[nH]c1=O)c(C(=O)NS(=O)(=O)C(C)C)n2Cc1cc(N[O-])ccc1F. The molecule has 4 rings (SSSR count). The zero-order valence-electron chi connectivity index (χ0n) is 19.8. The van der Waals surface area contributed by atoms with Gasteiger partial charge in [0.2, 0.25) is 10.0 Å². The highest BCUT2D eigenvalue weighted by atomic mass is 32.2. The minimum Gasteiger partial charge on any atom is -0.761 e. The summed E-state index contributed by atoms with van der Waals surface area (Å²) in [4.78, 5) is 28.9. The summed E-state index contributed by atoms with van der Waals surface area (Å²) >= 11 is 0. The van der Waals surface area contributed by atoms with E-state index in [2.05, 4.69) is 9.71 Å². The van der Waals surface area contributed by atoms with Crippen LogP contribution in [-0.4, -0.2) is 29.1 Å². The van der Waals surface area contributed by atoms with Gasteiger partial charge in [-0.1, -0.05) is 11.6 Å². The van der Waals surface area contributed by atoms with Crippen molar-refractivity contribution in [1.82, 2.24) is 14.3 Å². The number of carbonyl (C=O) groups excluding carboxylic acids is 1. The van der Waals surface area contributed by atoms with Gasteiger partial charge < -0.3 is 20.2 Å². The van der Waals surface area contributed by atoms with Crippen molar-refractivity contribution in [2.24, 2.45) is 0 Å². The molecule has 0 spiro atoms. The molecule has 11 heteroatoms. The number of aromatic nitrogens is 2. The van der Waals surface area contributed by atoms with Crippen molar-refractivity contribution in [3.8, 4) is 11.1 Å². The van der Waals surface area contributed by atoms with E-state index >= 15 is 0 Å². The van der Waals surface area contributed by atoms with E-state index in [-0.39, 0.29) is 34.6 Å². The number of nitrogens with zero attached hydrogens (tertiary/aromatic N) is 1. The number of hydrogen-bond donors (Lipinski definition) is 3. The van der Waals surface area contributed by atoms with Crippen LogP contribution < -0.4 is 15.8 Å². The van der Waals surface area contributed by atoms with Crippen molar-refractivity contribution in [3.05, 3.63) is 92.9 Å². The zero-order valence-corrected chi connectivity index (χ0v) is 20.6. The average Bonchev–Trinajstić information content (AvgIpc) is 3.13. The van der Waals surface area contributed by atoms with Crippen molar-refractivity contribution < 1.29 is 17.6 Å². The van der Waals surface area contributed by atoms with Crippen LogP contribution in [0.25, 0.3) is 22.0 Å². The molecule has 0 atom stereocenters. The molecule has 0 aliphatic carbocycles. The number of hydrogen-bond acceptors (Lipinski definition) is 6. The quantitative estimate of drug-likeness (QED) is 0.322. The number of fused-ring (bicyclic) bond motifs is 1. The van der Waals surface area contributed by atoms with Gasteiger partial charge in [0.25, 0.3) is 11.5 Å². The van der Waals surface area contributed by atoms with Crippen molar-refractivity contribution in [1.29, 1.82) is 0 Å². The Morgan fingerprint density at radius 1 is 1.17 bits per heavy atom. The van der Waals surface area contributed by atoms with E-state index in [0.29, 0.717) is 10.9 Å². The topological polar surface area (TPSA) is 136 Å². The van der Waals surface area contributed by atoms with Gasteiger partial charge in [0.15, 0.2) is 0 Å². The number of nitrogens with one attached hydrogen (secondary N) is 3. The second-order valence-electron chi connectivity index (χ2n) is 8.68. The molecule has 0 saturated carbocycles. The third-order valence-corrected chi connectivity index (χ3v) is 7.58. The van der Waals surface area contributed by atoms with Crippen LogP contribution in [0, 0.1) is 17.9 Å². The number of benzene rings is 2. The molecule has 2 heterocycles. The molecule has 0 fully saturated rings. The smallest absolute Gasteiger partial charge is 0.282 e. The third kappa shape index (κ3) is 4.62. The second kappa shape index (κ2) is 9.59. The second-order valence-corrected chi connectivity index (χ2v) is 10.9. The molecule has 0 bridgehead atoms. The molecule has 0 saturated heterocycles. The highest BCUT2D eigenvalue weighted by Crippen LogP contribution is 2.35. The summed E-state index contributed by atoms with van der Waals surface area (Å²) in [6.45, 7) is 4.47. The fourth-order valence-corrected chi connectivity index (χ4v) is 4.58. The molecular weight excluding hydrogens is 487 g/mol. The molecule has 2 aromatic carbocycles. The van der Waals surface area contributed by atoms with E-state index in [4.69, 9.17) is 0 Å². The third-order valence-electron chi connectivity index (χ3n) is 5.87. The molecular formula is C25H24FN4O5S-. The van der Waals surface area contributed by atoms with Gasteiger partial charge >= 0.3 is 0 Å². The molecule has 2 aromatic heterocycles. The van der Waals surface area contributed by atoms with E-state index in [9.17, 15) is 27.6 Å². The number of aryl methyl sites for hydroxylation is 1. The molecule has 0 unspecified atom stereocenters. The Bertz CT molecular complexity index is 1640. The van der Waals surface area contributed by atoms with Crippen LogP contribution in [0.4, 0.5) is 10.1 Å². The first-order valence-corrected chi connectivity index (χ1v) is 12.6. The first kappa shape index (κ1) is 25.1. The number of pyridine rings is 1. The lowest BCUT2D eigenvalue weighted by Crippen LogP contribution is -2.37. The summed E-state index contributed by atoms with van der Waals surface area (Å²) in [5.41, 5.74) is 2.98. The maximum atomic E-state index is 14.8. The predicted molar refractivity (Wildman–Crippen MR) is 137 cm³/mol. The van der Waals surface area contributed by atoms with Gasteiger partial charge in [-0.25, -0.2) is 17.5 Å². The number of rotatable bonds is 7. The van der Waals surface area contributed by atoms with Crippen molar-refractivity contribution in [2.45, 2.75) is 32.6 Å². The standard InChI is InChI=1S/C25H24FN4O5S/c1-14(2)36(34,35)29-25(32)23-22(18-5-4-10-27-24(18)31)19-11-15(3)6-9-21(19)30(23)13-16-12-17(28-33)7-8-20(16)26/h4-12,14,28H,13H2,1-3H3,(H,27,31)(H,29,32)/q-1. The Morgan fingerprint density at radius 2 is 1.92 bits per heavy atom. The molecule has 1 amide bonds. The lowest BCUT2D eigenvalue weighted by molar-refractivity contribution is 0.0973. The Balaban J connectivity index is 2.07. The number of aromatic amines is 1. The lowest BCUT2D eigenvalue weighted by atomic mass is 10.0. The van der Waals surface area contributed by atoms with Gasteiger partial charge in [-0.15, -0.1) is 0 Å². The minimum absolute atomic E-state index is 0.0858.